The molecule has 0 aromatic carbocycles. The van der Waals surface area contributed by atoms with E-state index < -0.39 is 6.67 Å². The molecular formula is C14H26FN3O2. The van der Waals surface area contributed by atoms with Crippen molar-refractivity contribution in [2.45, 2.75) is 56.7 Å². The molecule has 116 valence electrons. The van der Waals surface area contributed by atoms with Crippen LogP contribution >= 0.6 is 0 Å². The maximum Gasteiger partial charge on any atom is 0.315 e. The molecule has 0 radical (unpaired) electrons. The summed E-state index contributed by atoms with van der Waals surface area (Å²) in [7, 11) is 0. The average molecular weight is 287 g/mol. The fraction of sp³-hybridized carbons (Fsp3) is 0.929. The lowest BCUT2D eigenvalue weighted by atomic mass is 9.89. The number of amides is 2. The Hall–Kier alpha value is -0.880. The molecule has 2 amide bonds. The number of hydrogen-bond donors (Lipinski definition) is 3. The van der Waals surface area contributed by atoms with Gasteiger partial charge < -0.3 is 15.7 Å². The van der Waals surface area contributed by atoms with Crippen LogP contribution in [0.4, 0.5) is 9.18 Å². The van der Waals surface area contributed by atoms with Crippen molar-refractivity contribution in [2.75, 3.05) is 26.3 Å². The van der Waals surface area contributed by atoms with E-state index in [4.69, 9.17) is 0 Å². The fourth-order valence-corrected chi connectivity index (χ4v) is 3.29. The molecule has 1 aliphatic heterocycles. The van der Waals surface area contributed by atoms with E-state index >= 15 is 0 Å². The molecule has 1 saturated heterocycles. The van der Waals surface area contributed by atoms with Gasteiger partial charge in [-0.05, 0) is 25.7 Å². The highest BCUT2D eigenvalue weighted by molar-refractivity contribution is 5.74. The first kappa shape index (κ1) is 15.5. The van der Waals surface area contributed by atoms with Gasteiger partial charge in [0.2, 0.25) is 0 Å². The van der Waals surface area contributed by atoms with E-state index in [1.54, 1.807) is 0 Å². The number of hydrogen-bond acceptors (Lipinski definition) is 3. The third-order valence-electron chi connectivity index (χ3n) is 4.41. The molecule has 3 N–H and O–H groups in total. The fourth-order valence-electron chi connectivity index (χ4n) is 3.29. The summed E-state index contributed by atoms with van der Waals surface area (Å²) in [6.07, 6.45) is 5.92. The van der Waals surface area contributed by atoms with Crippen molar-refractivity contribution in [3.8, 4) is 0 Å². The standard InChI is InChI=1S/C14H26FN3O2/c15-7-8-16-14(20)17-11-5-9-18(10-6-11)12-3-1-2-4-13(12)19/h11-13,19H,1-10H2,(H2,16,17,20)/t12-,13-/m0/s1. The molecule has 1 aliphatic carbocycles. The highest BCUT2D eigenvalue weighted by Crippen LogP contribution is 2.25. The van der Waals surface area contributed by atoms with E-state index in [2.05, 4.69) is 15.5 Å². The Morgan fingerprint density at radius 1 is 1.20 bits per heavy atom. The van der Waals surface area contributed by atoms with E-state index in [-0.39, 0.29) is 24.7 Å². The summed E-state index contributed by atoms with van der Waals surface area (Å²) in [5, 5.41) is 15.4. The lowest BCUT2D eigenvalue weighted by Crippen LogP contribution is -2.53. The minimum atomic E-state index is -0.536. The van der Waals surface area contributed by atoms with Crippen LogP contribution in [0.1, 0.15) is 38.5 Å². The highest BCUT2D eigenvalue weighted by atomic mass is 19.1. The molecule has 0 spiro atoms. The smallest absolute Gasteiger partial charge is 0.315 e. The van der Waals surface area contributed by atoms with Gasteiger partial charge in [0.25, 0.3) is 0 Å². The second-order valence-corrected chi connectivity index (χ2v) is 5.82. The van der Waals surface area contributed by atoms with E-state index in [0.29, 0.717) is 6.04 Å². The molecule has 2 aliphatic rings. The molecule has 2 fully saturated rings. The van der Waals surface area contributed by atoms with Crippen LogP contribution in [0, 0.1) is 0 Å². The molecule has 2 rings (SSSR count). The molecule has 0 aromatic rings. The Morgan fingerprint density at radius 3 is 2.55 bits per heavy atom. The molecule has 5 nitrogen and oxygen atoms in total. The van der Waals surface area contributed by atoms with Crippen molar-refractivity contribution in [2.24, 2.45) is 0 Å². The summed E-state index contributed by atoms with van der Waals surface area (Å²) in [4.78, 5) is 13.8. The van der Waals surface area contributed by atoms with Crippen molar-refractivity contribution in [1.82, 2.24) is 15.5 Å². The van der Waals surface area contributed by atoms with Gasteiger partial charge in [-0.25, -0.2) is 9.18 Å². The first-order valence-electron chi connectivity index (χ1n) is 7.73. The summed E-state index contributed by atoms with van der Waals surface area (Å²) in [5.41, 5.74) is 0. The van der Waals surface area contributed by atoms with Gasteiger partial charge in [-0.1, -0.05) is 12.8 Å². The minimum absolute atomic E-state index is 0.0684. The van der Waals surface area contributed by atoms with Crippen molar-refractivity contribution in [3.63, 3.8) is 0 Å². The highest BCUT2D eigenvalue weighted by Gasteiger charge is 2.31. The Balaban J connectivity index is 1.70. The van der Waals surface area contributed by atoms with Gasteiger partial charge in [-0.15, -0.1) is 0 Å². The summed E-state index contributed by atoms with van der Waals surface area (Å²) in [5.74, 6) is 0. The number of carbonyl (C=O) groups excluding carboxylic acids is 1. The maximum atomic E-state index is 12.0. The molecule has 1 heterocycles. The lowest BCUT2D eigenvalue weighted by Gasteiger charge is -2.41. The molecule has 0 aromatic heterocycles. The molecular weight excluding hydrogens is 261 g/mol. The summed E-state index contributed by atoms with van der Waals surface area (Å²) in [6.45, 7) is 1.36. The van der Waals surface area contributed by atoms with Gasteiger partial charge in [0.15, 0.2) is 0 Å². The topological polar surface area (TPSA) is 64.6 Å². The van der Waals surface area contributed by atoms with E-state index in [0.717, 1.165) is 45.2 Å². The monoisotopic (exact) mass is 287 g/mol. The van der Waals surface area contributed by atoms with Crippen molar-refractivity contribution in [1.29, 1.82) is 0 Å². The number of piperidine rings is 1. The van der Waals surface area contributed by atoms with Crippen molar-refractivity contribution >= 4 is 6.03 Å². The second-order valence-electron chi connectivity index (χ2n) is 5.82. The summed E-state index contributed by atoms with van der Waals surface area (Å²) < 4.78 is 12.0. The number of carbonyl (C=O) groups is 1. The Labute approximate surface area is 119 Å². The van der Waals surface area contributed by atoms with Crippen LogP contribution in [-0.4, -0.2) is 60.5 Å². The lowest BCUT2D eigenvalue weighted by molar-refractivity contribution is 0.00777. The maximum absolute atomic E-state index is 12.0. The number of urea groups is 1. The zero-order valence-corrected chi connectivity index (χ0v) is 12.0. The molecule has 0 bridgehead atoms. The van der Waals surface area contributed by atoms with E-state index in [1.165, 1.54) is 6.42 Å². The summed E-state index contributed by atoms with van der Waals surface area (Å²) >= 11 is 0. The molecule has 6 heteroatoms. The first-order chi connectivity index (χ1) is 9.70. The van der Waals surface area contributed by atoms with Crippen LogP contribution in [0.15, 0.2) is 0 Å². The van der Waals surface area contributed by atoms with Crippen LogP contribution in [0.2, 0.25) is 0 Å². The van der Waals surface area contributed by atoms with Crippen molar-refractivity contribution < 1.29 is 14.3 Å². The first-order valence-corrected chi connectivity index (χ1v) is 7.73. The summed E-state index contributed by atoms with van der Waals surface area (Å²) in [6, 6.07) is 0.176. The third-order valence-corrected chi connectivity index (χ3v) is 4.41. The number of aliphatic hydroxyl groups is 1. The minimum Gasteiger partial charge on any atom is -0.391 e. The average Bonchev–Trinajstić information content (AvgIpc) is 2.47. The number of nitrogens with one attached hydrogen (secondary N) is 2. The van der Waals surface area contributed by atoms with Crippen LogP contribution in [0.25, 0.3) is 0 Å². The third kappa shape index (κ3) is 4.31. The zero-order chi connectivity index (χ0) is 14.4. The quantitative estimate of drug-likeness (QED) is 0.723. The largest absolute Gasteiger partial charge is 0.391 e. The molecule has 0 unspecified atom stereocenters. The van der Waals surface area contributed by atoms with Gasteiger partial charge in [0, 0.05) is 31.7 Å². The number of alkyl halides is 1. The second kappa shape index (κ2) is 7.78. The van der Waals surface area contributed by atoms with E-state index in [9.17, 15) is 14.3 Å². The predicted octanol–water partition coefficient (Wildman–Crippen LogP) is 1.02. The number of nitrogens with zero attached hydrogens (tertiary/aromatic N) is 1. The van der Waals surface area contributed by atoms with Gasteiger partial charge >= 0.3 is 6.03 Å². The Morgan fingerprint density at radius 2 is 1.90 bits per heavy atom. The zero-order valence-electron chi connectivity index (χ0n) is 12.0. The number of rotatable bonds is 4. The van der Waals surface area contributed by atoms with Gasteiger partial charge in [0.1, 0.15) is 6.67 Å². The normalized spacial score (nSPS) is 29.1. The van der Waals surface area contributed by atoms with Crippen LogP contribution in [-0.2, 0) is 0 Å². The van der Waals surface area contributed by atoms with Crippen LogP contribution in [0.5, 0.6) is 0 Å². The predicted molar refractivity (Wildman–Crippen MR) is 75.4 cm³/mol. The number of halogens is 1. The number of likely N-dealkylation sites (tertiary alicyclic amines) is 1. The van der Waals surface area contributed by atoms with E-state index in [1.807, 2.05) is 0 Å². The van der Waals surface area contributed by atoms with Gasteiger partial charge in [0.05, 0.1) is 6.10 Å². The van der Waals surface area contributed by atoms with Crippen LogP contribution in [0.3, 0.4) is 0 Å². The number of aliphatic hydroxyl groups excluding tert-OH is 1. The molecule has 20 heavy (non-hydrogen) atoms. The molecule has 1 saturated carbocycles. The van der Waals surface area contributed by atoms with Crippen molar-refractivity contribution in [3.05, 3.63) is 0 Å². The van der Waals surface area contributed by atoms with Gasteiger partial charge in [-0.2, -0.15) is 0 Å². The SMILES string of the molecule is O=C(NCCF)NC1CCN([C@H]2CCCC[C@@H]2O)CC1. The Kier molecular flexibility index (Phi) is 6.04. The van der Waals surface area contributed by atoms with Crippen LogP contribution < -0.4 is 10.6 Å². The Bertz CT molecular complexity index is 309. The van der Waals surface area contributed by atoms with Gasteiger partial charge in [-0.3, -0.25) is 4.90 Å². The molecule has 2 atom stereocenters.